The molecule has 144 valence electrons. The standard InChI is InChI=1S/C25H20ClNO2/c1-17-15-18(12-13-24(17)26)7-6-14-27-25(28)29-16-23-21-10-4-2-8-19(21)20-9-3-5-11-22(20)23/h2-5,8-13,15,23H,14,16H2,1H3,(H,27,28). The van der Waals surface area contributed by atoms with Crippen LogP contribution in [0.1, 0.15) is 28.2 Å². The van der Waals surface area contributed by atoms with Crippen molar-refractivity contribution in [3.8, 4) is 23.0 Å². The van der Waals surface area contributed by atoms with Crippen LogP contribution >= 0.6 is 11.6 Å². The molecule has 0 aliphatic heterocycles. The number of nitrogens with one attached hydrogen (secondary N) is 1. The van der Waals surface area contributed by atoms with E-state index in [-0.39, 0.29) is 12.5 Å². The van der Waals surface area contributed by atoms with Gasteiger partial charge in [-0.15, -0.1) is 0 Å². The van der Waals surface area contributed by atoms with E-state index in [1.165, 1.54) is 22.3 Å². The van der Waals surface area contributed by atoms with E-state index < -0.39 is 6.09 Å². The van der Waals surface area contributed by atoms with Crippen molar-refractivity contribution in [2.45, 2.75) is 12.8 Å². The van der Waals surface area contributed by atoms with Crippen molar-refractivity contribution in [1.82, 2.24) is 5.32 Å². The fourth-order valence-corrected chi connectivity index (χ4v) is 3.75. The number of ether oxygens (including phenoxy) is 1. The van der Waals surface area contributed by atoms with Crippen LogP contribution < -0.4 is 5.32 Å². The molecule has 0 radical (unpaired) electrons. The molecule has 3 aromatic carbocycles. The summed E-state index contributed by atoms with van der Waals surface area (Å²) >= 11 is 6.01. The maximum atomic E-state index is 12.1. The van der Waals surface area contributed by atoms with Crippen LogP contribution in [0.4, 0.5) is 4.79 Å². The van der Waals surface area contributed by atoms with Crippen LogP contribution in [-0.2, 0) is 4.74 Å². The Morgan fingerprint density at radius 2 is 1.69 bits per heavy atom. The van der Waals surface area contributed by atoms with E-state index in [4.69, 9.17) is 16.3 Å². The van der Waals surface area contributed by atoms with E-state index in [0.717, 1.165) is 11.1 Å². The van der Waals surface area contributed by atoms with Gasteiger partial charge in [-0.1, -0.05) is 72.0 Å². The maximum Gasteiger partial charge on any atom is 0.407 e. The van der Waals surface area contributed by atoms with Crippen molar-refractivity contribution >= 4 is 17.7 Å². The van der Waals surface area contributed by atoms with Gasteiger partial charge in [0.2, 0.25) is 0 Å². The first-order chi connectivity index (χ1) is 14.1. The van der Waals surface area contributed by atoms with E-state index in [1.807, 2.05) is 49.4 Å². The SMILES string of the molecule is Cc1cc(C#CCNC(=O)OCC2c3ccccc3-c3ccccc32)ccc1Cl. The van der Waals surface area contributed by atoms with Gasteiger partial charge in [-0.3, -0.25) is 0 Å². The summed E-state index contributed by atoms with van der Waals surface area (Å²) in [6.07, 6.45) is -0.464. The molecule has 1 aliphatic rings. The average molecular weight is 402 g/mol. The van der Waals surface area contributed by atoms with Gasteiger partial charge in [0.25, 0.3) is 0 Å². The first-order valence-corrected chi connectivity index (χ1v) is 9.85. The highest BCUT2D eigenvalue weighted by Crippen LogP contribution is 2.44. The Morgan fingerprint density at radius 1 is 1.03 bits per heavy atom. The molecule has 3 aromatic rings. The van der Waals surface area contributed by atoms with Crippen LogP contribution in [0.3, 0.4) is 0 Å². The van der Waals surface area contributed by atoms with Gasteiger partial charge < -0.3 is 10.1 Å². The highest BCUT2D eigenvalue weighted by Gasteiger charge is 2.28. The summed E-state index contributed by atoms with van der Waals surface area (Å²) in [5.41, 5.74) is 6.64. The highest BCUT2D eigenvalue weighted by molar-refractivity contribution is 6.31. The fourth-order valence-electron chi connectivity index (χ4n) is 3.63. The summed E-state index contributed by atoms with van der Waals surface area (Å²) in [6.45, 7) is 2.45. The molecule has 0 fully saturated rings. The third kappa shape index (κ3) is 4.13. The molecule has 0 unspecified atom stereocenters. The first-order valence-electron chi connectivity index (χ1n) is 9.47. The molecule has 0 atom stereocenters. The molecule has 4 heteroatoms. The quantitative estimate of drug-likeness (QED) is 0.585. The fraction of sp³-hybridized carbons (Fsp3) is 0.160. The van der Waals surface area contributed by atoms with Crippen LogP contribution in [0.5, 0.6) is 0 Å². The molecule has 0 heterocycles. The van der Waals surface area contributed by atoms with Crippen LogP contribution in [-0.4, -0.2) is 19.2 Å². The molecule has 3 nitrogen and oxygen atoms in total. The normalized spacial score (nSPS) is 11.8. The maximum absolute atomic E-state index is 12.1. The lowest BCUT2D eigenvalue weighted by Gasteiger charge is -2.14. The second-order valence-electron chi connectivity index (χ2n) is 6.94. The van der Waals surface area contributed by atoms with E-state index in [9.17, 15) is 4.79 Å². The number of carbonyl (C=O) groups excluding carboxylic acids is 1. The predicted molar refractivity (Wildman–Crippen MR) is 116 cm³/mol. The number of hydrogen-bond acceptors (Lipinski definition) is 2. The van der Waals surface area contributed by atoms with Crippen LogP contribution in [0, 0.1) is 18.8 Å². The molecule has 0 bridgehead atoms. The van der Waals surface area contributed by atoms with Crippen molar-refractivity contribution < 1.29 is 9.53 Å². The number of benzene rings is 3. The van der Waals surface area contributed by atoms with Crippen molar-refractivity contribution in [1.29, 1.82) is 0 Å². The van der Waals surface area contributed by atoms with Crippen LogP contribution in [0.15, 0.2) is 66.7 Å². The minimum Gasteiger partial charge on any atom is -0.449 e. The molecule has 1 N–H and O–H groups in total. The van der Waals surface area contributed by atoms with Crippen LogP contribution in [0.2, 0.25) is 5.02 Å². The molecule has 1 amide bonds. The van der Waals surface area contributed by atoms with Crippen molar-refractivity contribution in [3.63, 3.8) is 0 Å². The number of carbonyl (C=O) groups is 1. The number of aryl methyl sites for hydroxylation is 1. The predicted octanol–water partition coefficient (Wildman–Crippen LogP) is 5.54. The van der Waals surface area contributed by atoms with Gasteiger partial charge in [0.1, 0.15) is 6.61 Å². The lowest BCUT2D eigenvalue weighted by molar-refractivity contribution is 0.144. The Hall–Kier alpha value is -3.22. The van der Waals surface area contributed by atoms with Crippen LogP contribution in [0.25, 0.3) is 11.1 Å². The lowest BCUT2D eigenvalue weighted by Crippen LogP contribution is -2.26. The average Bonchev–Trinajstić information content (AvgIpc) is 3.06. The molecular formula is C25H20ClNO2. The summed E-state index contributed by atoms with van der Waals surface area (Å²) in [4.78, 5) is 12.1. The van der Waals surface area contributed by atoms with E-state index in [0.29, 0.717) is 11.6 Å². The number of hydrogen-bond donors (Lipinski definition) is 1. The monoisotopic (exact) mass is 401 g/mol. The summed E-state index contributed by atoms with van der Waals surface area (Å²) in [7, 11) is 0. The van der Waals surface area contributed by atoms with Gasteiger partial charge in [0, 0.05) is 16.5 Å². The largest absolute Gasteiger partial charge is 0.449 e. The number of fused-ring (bicyclic) bond motifs is 3. The van der Waals surface area contributed by atoms with E-state index in [1.54, 1.807) is 0 Å². The highest BCUT2D eigenvalue weighted by atomic mass is 35.5. The van der Waals surface area contributed by atoms with Gasteiger partial charge >= 0.3 is 6.09 Å². The number of amides is 1. The molecule has 0 saturated carbocycles. The Morgan fingerprint density at radius 3 is 2.34 bits per heavy atom. The van der Waals surface area contributed by atoms with E-state index >= 15 is 0 Å². The zero-order chi connectivity index (χ0) is 20.2. The minimum absolute atomic E-state index is 0.0521. The topological polar surface area (TPSA) is 38.3 Å². The summed E-state index contributed by atoms with van der Waals surface area (Å²) in [5.74, 6) is 6.00. The third-order valence-corrected chi connectivity index (χ3v) is 5.48. The number of halogens is 1. The van der Waals surface area contributed by atoms with Crippen molar-refractivity contribution in [2.75, 3.05) is 13.2 Å². The second-order valence-corrected chi connectivity index (χ2v) is 7.35. The first kappa shape index (κ1) is 19.1. The van der Waals surface area contributed by atoms with Gasteiger partial charge in [-0.25, -0.2) is 4.79 Å². The van der Waals surface area contributed by atoms with Gasteiger partial charge in [0.15, 0.2) is 0 Å². The Labute approximate surface area is 175 Å². The molecule has 0 saturated heterocycles. The molecule has 4 rings (SSSR count). The smallest absolute Gasteiger partial charge is 0.407 e. The van der Waals surface area contributed by atoms with Crippen molar-refractivity contribution in [2.24, 2.45) is 0 Å². The minimum atomic E-state index is -0.464. The summed E-state index contributed by atoms with van der Waals surface area (Å²) in [6, 6.07) is 22.1. The Balaban J connectivity index is 1.35. The zero-order valence-corrected chi connectivity index (χ0v) is 16.8. The number of rotatable bonds is 3. The molecule has 1 aliphatic carbocycles. The lowest BCUT2D eigenvalue weighted by atomic mass is 9.98. The van der Waals surface area contributed by atoms with Gasteiger partial charge in [-0.05, 0) is 52.9 Å². The third-order valence-electron chi connectivity index (χ3n) is 5.06. The van der Waals surface area contributed by atoms with Gasteiger partial charge in [-0.2, -0.15) is 0 Å². The Bertz CT molecular complexity index is 1080. The molecule has 29 heavy (non-hydrogen) atoms. The molecule has 0 aromatic heterocycles. The molecule has 0 spiro atoms. The van der Waals surface area contributed by atoms with Gasteiger partial charge in [0.05, 0.1) is 6.54 Å². The number of alkyl carbamates (subject to hydrolysis) is 1. The molecular weight excluding hydrogens is 382 g/mol. The van der Waals surface area contributed by atoms with E-state index in [2.05, 4.69) is 41.4 Å². The zero-order valence-electron chi connectivity index (χ0n) is 16.0. The van der Waals surface area contributed by atoms with Crippen molar-refractivity contribution in [3.05, 3.63) is 94.0 Å². The second kappa shape index (κ2) is 8.43. The summed E-state index contributed by atoms with van der Waals surface area (Å²) in [5, 5.41) is 3.41. The summed E-state index contributed by atoms with van der Waals surface area (Å²) < 4.78 is 5.49. The Kier molecular flexibility index (Phi) is 5.55.